The molecule has 0 amide bonds. The number of nitrogens with zero attached hydrogens (tertiary/aromatic N) is 1. The van der Waals surface area contributed by atoms with Crippen LogP contribution in [0.15, 0.2) is 60.1 Å². The number of hydrogen-bond acceptors (Lipinski definition) is 4. The van der Waals surface area contributed by atoms with Crippen molar-refractivity contribution in [3.05, 3.63) is 76.8 Å². The summed E-state index contributed by atoms with van der Waals surface area (Å²) in [5.41, 5.74) is 2.46. The van der Waals surface area contributed by atoms with Gasteiger partial charge in [0.05, 0.1) is 18.8 Å². The van der Waals surface area contributed by atoms with Crippen LogP contribution < -0.4 is 4.74 Å². The van der Waals surface area contributed by atoms with E-state index in [9.17, 15) is 10.1 Å². The molecular weight excluding hydrogens is 350 g/mol. The molecule has 0 aliphatic heterocycles. The molecule has 0 fully saturated rings. The molecule has 0 heterocycles. The van der Waals surface area contributed by atoms with Crippen molar-refractivity contribution in [2.24, 2.45) is 0 Å². The SMILES string of the molecule is C=C(Cl)C(=O)OCCCOc1cc(C=Cc2ccccc2)ccc1C#N. The molecule has 2 aromatic rings. The molecule has 0 saturated heterocycles. The van der Waals surface area contributed by atoms with Crippen LogP contribution in [0.25, 0.3) is 12.2 Å². The lowest BCUT2D eigenvalue weighted by atomic mass is 10.1. The van der Waals surface area contributed by atoms with Crippen molar-refractivity contribution in [1.29, 1.82) is 5.26 Å². The van der Waals surface area contributed by atoms with Gasteiger partial charge in [-0.1, -0.05) is 66.7 Å². The zero-order chi connectivity index (χ0) is 18.8. The molecule has 26 heavy (non-hydrogen) atoms. The van der Waals surface area contributed by atoms with Crippen molar-refractivity contribution in [2.75, 3.05) is 13.2 Å². The molecule has 0 aliphatic carbocycles. The smallest absolute Gasteiger partial charge is 0.349 e. The number of benzene rings is 2. The van der Waals surface area contributed by atoms with Crippen LogP contribution in [0, 0.1) is 11.3 Å². The average molecular weight is 368 g/mol. The highest BCUT2D eigenvalue weighted by Gasteiger charge is 2.06. The summed E-state index contributed by atoms with van der Waals surface area (Å²) in [4.78, 5) is 11.2. The summed E-state index contributed by atoms with van der Waals surface area (Å²) in [6, 6.07) is 17.4. The quantitative estimate of drug-likeness (QED) is 0.291. The maximum atomic E-state index is 11.2. The Balaban J connectivity index is 1.94. The molecule has 0 unspecified atom stereocenters. The Hall–Kier alpha value is -3.03. The number of hydrogen-bond donors (Lipinski definition) is 0. The number of nitriles is 1. The Bertz CT molecular complexity index is 838. The first-order chi connectivity index (χ1) is 12.6. The van der Waals surface area contributed by atoms with E-state index < -0.39 is 5.97 Å². The van der Waals surface area contributed by atoms with Crippen LogP contribution in [0.3, 0.4) is 0 Å². The zero-order valence-corrected chi connectivity index (χ0v) is 14.9. The van der Waals surface area contributed by atoms with E-state index >= 15 is 0 Å². The van der Waals surface area contributed by atoms with Crippen molar-refractivity contribution in [1.82, 2.24) is 0 Å². The third-order valence-electron chi connectivity index (χ3n) is 3.39. The molecule has 0 aromatic heterocycles. The molecule has 0 radical (unpaired) electrons. The van der Waals surface area contributed by atoms with E-state index in [2.05, 4.69) is 12.6 Å². The number of rotatable bonds is 8. The predicted octanol–water partition coefficient (Wildman–Crippen LogP) is 4.79. The van der Waals surface area contributed by atoms with Crippen LogP contribution in [0.4, 0.5) is 0 Å². The first kappa shape index (κ1) is 19.3. The number of carbonyl (C=O) groups excluding carboxylic acids is 1. The maximum Gasteiger partial charge on any atom is 0.349 e. The molecule has 5 heteroatoms. The minimum atomic E-state index is -0.641. The van der Waals surface area contributed by atoms with E-state index in [1.165, 1.54) is 0 Å². The van der Waals surface area contributed by atoms with Gasteiger partial charge in [0.25, 0.3) is 0 Å². The molecular formula is C21H18ClNO3. The summed E-state index contributed by atoms with van der Waals surface area (Å²) in [6.07, 6.45) is 4.42. The van der Waals surface area contributed by atoms with Gasteiger partial charge in [0.15, 0.2) is 0 Å². The minimum absolute atomic E-state index is 0.157. The van der Waals surface area contributed by atoms with Crippen molar-refractivity contribution in [3.63, 3.8) is 0 Å². The molecule has 2 aromatic carbocycles. The Kier molecular flexibility index (Phi) is 7.48. The van der Waals surface area contributed by atoms with Crippen molar-refractivity contribution >= 4 is 29.7 Å². The highest BCUT2D eigenvalue weighted by atomic mass is 35.5. The van der Waals surface area contributed by atoms with E-state index in [0.29, 0.717) is 24.3 Å². The van der Waals surface area contributed by atoms with Crippen molar-refractivity contribution in [3.8, 4) is 11.8 Å². The Morgan fingerprint density at radius 3 is 2.54 bits per heavy atom. The van der Waals surface area contributed by atoms with Gasteiger partial charge >= 0.3 is 5.97 Å². The Morgan fingerprint density at radius 1 is 1.12 bits per heavy atom. The summed E-state index contributed by atoms with van der Waals surface area (Å²) in [7, 11) is 0. The van der Waals surface area contributed by atoms with Gasteiger partial charge in [-0.15, -0.1) is 0 Å². The van der Waals surface area contributed by atoms with E-state index in [1.54, 1.807) is 6.07 Å². The fraction of sp³-hybridized carbons (Fsp3) is 0.143. The number of esters is 1. The second-order valence-electron chi connectivity index (χ2n) is 5.35. The molecule has 0 spiro atoms. The third kappa shape index (κ3) is 6.12. The molecule has 0 saturated carbocycles. The monoisotopic (exact) mass is 367 g/mol. The van der Waals surface area contributed by atoms with Gasteiger partial charge in [-0.3, -0.25) is 0 Å². The Labute approximate surface area is 157 Å². The number of ether oxygens (including phenoxy) is 2. The summed E-state index contributed by atoms with van der Waals surface area (Å²) in [6.45, 7) is 3.77. The lowest BCUT2D eigenvalue weighted by molar-refractivity contribution is -0.138. The summed E-state index contributed by atoms with van der Waals surface area (Å²) < 4.78 is 10.5. The second-order valence-corrected chi connectivity index (χ2v) is 5.81. The van der Waals surface area contributed by atoms with E-state index in [0.717, 1.165) is 11.1 Å². The van der Waals surface area contributed by atoms with E-state index in [4.69, 9.17) is 21.1 Å². The van der Waals surface area contributed by atoms with Gasteiger partial charge in [0, 0.05) is 6.42 Å². The van der Waals surface area contributed by atoms with Gasteiger partial charge in [0.1, 0.15) is 16.9 Å². The maximum absolute atomic E-state index is 11.2. The van der Waals surface area contributed by atoms with Gasteiger partial charge in [0.2, 0.25) is 0 Å². The van der Waals surface area contributed by atoms with E-state index in [1.807, 2.05) is 54.6 Å². The molecule has 0 bridgehead atoms. The topological polar surface area (TPSA) is 59.3 Å². The summed E-state index contributed by atoms with van der Waals surface area (Å²) in [5, 5.41) is 9.06. The van der Waals surface area contributed by atoms with Crippen LogP contribution in [-0.2, 0) is 9.53 Å². The molecule has 2 rings (SSSR count). The van der Waals surface area contributed by atoms with Crippen molar-refractivity contribution < 1.29 is 14.3 Å². The van der Waals surface area contributed by atoms with Crippen LogP contribution >= 0.6 is 11.6 Å². The molecule has 132 valence electrons. The number of carbonyl (C=O) groups is 1. The molecule has 4 nitrogen and oxygen atoms in total. The van der Waals surface area contributed by atoms with Gasteiger partial charge in [-0.2, -0.15) is 5.26 Å². The third-order valence-corrected chi connectivity index (χ3v) is 3.55. The lowest BCUT2D eigenvalue weighted by Crippen LogP contribution is -2.09. The highest BCUT2D eigenvalue weighted by Crippen LogP contribution is 2.21. The largest absolute Gasteiger partial charge is 0.492 e. The predicted molar refractivity (Wildman–Crippen MR) is 103 cm³/mol. The highest BCUT2D eigenvalue weighted by molar-refractivity contribution is 6.40. The summed E-state index contributed by atoms with van der Waals surface area (Å²) >= 11 is 5.43. The van der Waals surface area contributed by atoms with Crippen molar-refractivity contribution in [2.45, 2.75) is 6.42 Å². The minimum Gasteiger partial charge on any atom is -0.492 e. The lowest BCUT2D eigenvalue weighted by Gasteiger charge is -2.09. The van der Waals surface area contributed by atoms with Gasteiger partial charge in [-0.25, -0.2) is 4.79 Å². The molecule has 0 aliphatic rings. The van der Waals surface area contributed by atoms with Crippen LogP contribution in [0.1, 0.15) is 23.1 Å². The van der Waals surface area contributed by atoms with Crippen LogP contribution in [-0.4, -0.2) is 19.2 Å². The van der Waals surface area contributed by atoms with Gasteiger partial charge in [-0.05, 0) is 23.3 Å². The van der Waals surface area contributed by atoms with Crippen LogP contribution in [0.5, 0.6) is 5.75 Å². The first-order valence-electron chi connectivity index (χ1n) is 8.02. The normalized spacial score (nSPS) is 10.3. The summed E-state index contributed by atoms with van der Waals surface area (Å²) in [5.74, 6) is -0.145. The van der Waals surface area contributed by atoms with E-state index in [-0.39, 0.29) is 11.6 Å². The Morgan fingerprint density at radius 2 is 1.85 bits per heavy atom. The zero-order valence-electron chi connectivity index (χ0n) is 14.2. The van der Waals surface area contributed by atoms with Gasteiger partial charge < -0.3 is 9.47 Å². The van der Waals surface area contributed by atoms with Crippen LogP contribution in [0.2, 0.25) is 0 Å². The second kappa shape index (κ2) is 10.1. The number of halogens is 1. The molecule has 0 atom stereocenters. The first-order valence-corrected chi connectivity index (χ1v) is 8.39. The molecule has 0 N–H and O–H groups in total. The average Bonchev–Trinajstić information content (AvgIpc) is 2.66. The fourth-order valence-electron chi connectivity index (χ4n) is 2.10. The standard InChI is InChI=1S/C21H18ClNO3/c1-16(22)21(24)26-13-5-12-25-20-14-18(10-11-19(20)15-23)9-8-17-6-3-2-4-7-17/h2-4,6-11,14H,1,5,12-13H2. The fourth-order valence-corrected chi connectivity index (χ4v) is 2.15.